The Hall–Kier alpha value is -0.280. The maximum absolute atomic E-state index is 6.07. The molecule has 1 saturated heterocycles. The Morgan fingerprint density at radius 1 is 1.33 bits per heavy atom. The van der Waals surface area contributed by atoms with Crippen molar-refractivity contribution >= 4 is 23.2 Å². The molecule has 4 heteroatoms. The highest BCUT2D eigenvalue weighted by atomic mass is 35.5. The van der Waals surface area contributed by atoms with Gasteiger partial charge in [-0.2, -0.15) is 0 Å². The van der Waals surface area contributed by atoms with Crippen LogP contribution in [0.5, 0.6) is 0 Å². The van der Waals surface area contributed by atoms with Crippen molar-refractivity contribution in [1.82, 2.24) is 10.2 Å². The van der Waals surface area contributed by atoms with Crippen LogP contribution >= 0.6 is 23.2 Å². The Morgan fingerprint density at radius 2 is 2.11 bits per heavy atom. The summed E-state index contributed by atoms with van der Waals surface area (Å²) in [5.74, 6) is 0. The number of nitrogens with zero attached hydrogens (tertiary/aromatic N) is 1. The van der Waals surface area contributed by atoms with Crippen LogP contribution in [0, 0.1) is 0 Å². The van der Waals surface area contributed by atoms with Crippen molar-refractivity contribution in [1.29, 1.82) is 0 Å². The zero-order valence-corrected chi connectivity index (χ0v) is 12.5. The average Bonchev–Trinajstić information content (AvgIpc) is 2.37. The monoisotopic (exact) mass is 286 g/mol. The fourth-order valence-corrected chi connectivity index (χ4v) is 2.75. The van der Waals surface area contributed by atoms with E-state index in [1.165, 1.54) is 5.56 Å². The van der Waals surface area contributed by atoms with Crippen molar-refractivity contribution in [2.75, 3.05) is 19.6 Å². The molecule has 2 rings (SSSR count). The number of piperazine rings is 1. The van der Waals surface area contributed by atoms with Gasteiger partial charge in [0.25, 0.3) is 0 Å². The lowest BCUT2D eigenvalue weighted by molar-refractivity contribution is 0.0638. The first-order valence-electron chi connectivity index (χ1n) is 6.45. The van der Waals surface area contributed by atoms with E-state index in [2.05, 4.69) is 30.1 Å². The van der Waals surface area contributed by atoms with Crippen LogP contribution in [0.1, 0.15) is 25.8 Å². The van der Waals surface area contributed by atoms with E-state index >= 15 is 0 Å². The summed E-state index contributed by atoms with van der Waals surface area (Å²) in [7, 11) is 0. The van der Waals surface area contributed by atoms with Crippen LogP contribution in [0.2, 0.25) is 10.0 Å². The Labute approximate surface area is 119 Å². The number of hydrogen-bond acceptors (Lipinski definition) is 2. The molecule has 18 heavy (non-hydrogen) atoms. The summed E-state index contributed by atoms with van der Waals surface area (Å²) >= 11 is 12.0. The molecule has 0 saturated carbocycles. The maximum atomic E-state index is 6.07. The fraction of sp³-hybridized carbons (Fsp3) is 0.571. The molecule has 1 unspecified atom stereocenters. The smallest absolute Gasteiger partial charge is 0.0595 e. The minimum Gasteiger partial charge on any atom is -0.314 e. The van der Waals surface area contributed by atoms with E-state index in [1.807, 2.05) is 12.1 Å². The van der Waals surface area contributed by atoms with Crippen molar-refractivity contribution < 1.29 is 0 Å². The highest BCUT2D eigenvalue weighted by Gasteiger charge is 2.32. The van der Waals surface area contributed by atoms with Gasteiger partial charge in [-0.1, -0.05) is 36.2 Å². The third kappa shape index (κ3) is 3.00. The summed E-state index contributed by atoms with van der Waals surface area (Å²) in [5, 5.41) is 4.74. The Kier molecular flexibility index (Phi) is 4.54. The molecule has 1 aliphatic rings. The molecule has 100 valence electrons. The van der Waals surface area contributed by atoms with Gasteiger partial charge in [-0.3, -0.25) is 4.90 Å². The molecule has 1 aromatic carbocycles. The SMILES string of the molecule is CCC1(C)CNCCN1Cc1ccc(Cl)c(Cl)c1. The quantitative estimate of drug-likeness (QED) is 0.914. The van der Waals surface area contributed by atoms with E-state index in [0.717, 1.165) is 32.6 Å². The third-order valence-corrected chi connectivity index (χ3v) is 4.69. The minimum atomic E-state index is 0.227. The van der Waals surface area contributed by atoms with Gasteiger partial charge in [-0.25, -0.2) is 0 Å². The number of nitrogens with one attached hydrogen (secondary N) is 1. The van der Waals surface area contributed by atoms with Gasteiger partial charge < -0.3 is 5.32 Å². The second kappa shape index (κ2) is 5.79. The Bertz CT molecular complexity index is 422. The van der Waals surface area contributed by atoms with Crippen LogP contribution in [0.4, 0.5) is 0 Å². The highest BCUT2D eigenvalue weighted by molar-refractivity contribution is 6.42. The molecule has 1 N–H and O–H groups in total. The lowest BCUT2D eigenvalue weighted by atomic mass is 9.93. The molecule has 0 radical (unpaired) electrons. The average molecular weight is 287 g/mol. The van der Waals surface area contributed by atoms with E-state index < -0.39 is 0 Å². The van der Waals surface area contributed by atoms with E-state index in [0.29, 0.717) is 10.0 Å². The fourth-order valence-electron chi connectivity index (χ4n) is 2.43. The van der Waals surface area contributed by atoms with Crippen molar-refractivity contribution in [3.63, 3.8) is 0 Å². The first-order valence-corrected chi connectivity index (χ1v) is 7.20. The highest BCUT2D eigenvalue weighted by Crippen LogP contribution is 2.27. The van der Waals surface area contributed by atoms with Crippen molar-refractivity contribution in [3.8, 4) is 0 Å². The number of halogens is 2. The zero-order valence-electron chi connectivity index (χ0n) is 11.0. The second-order valence-corrected chi connectivity index (χ2v) is 6.01. The van der Waals surface area contributed by atoms with Crippen LogP contribution in [0.3, 0.4) is 0 Å². The lowest BCUT2D eigenvalue weighted by Gasteiger charge is -2.45. The molecule has 1 fully saturated rings. The van der Waals surface area contributed by atoms with Gasteiger partial charge in [-0.05, 0) is 31.0 Å². The summed E-state index contributed by atoms with van der Waals surface area (Å²) in [6.45, 7) is 8.67. The summed E-state index contributed by atoms with van der Waals surface area (Å²) in [5.41, 5.74) is 1.45. The molecule has 0 aliphatic carbocycles. The molecule has 0 spiro atoms. The van der Waals surface area contributed by atoms with Crippen molar-refractivity contribution in [2.45, 2.75) is 32.4 Å². The standard InChI is InChI=1S/C14H20Cl2N2/c1-3-14(2)10-17-6-7-18(14)9-11-4-5-12(15)13(16)8-11/h4-5,8,17H,3,6-7,9-10H2,1-2H3. The van der Waals surface area contributed by atoms with Crippen LogP contribution in [0.15, 0.2) is 18.2 Å². The lowest BCUT2D eigenvalue weighted by Crippen LogP contribution is -2.58. The molecular formula is C14H20Cl2N2. The van der Waals surface area contributed by atoms with Gasteiger partial charge in [0.1, 0.15) is 0 Å². The van der Waals surface area contributed by atoms with E-state index in [-0.39, 0.29) is 5.54 Å². The van der Waals surface area contributed by atoms with Crippen LogP contribution < -0.4 is 5.32 Å². The molecule has 1 aromatic rings. The zero-order chi connectivity index (χ0) is 13.2. The van der Waals surface area contributed by atoms with Crippen LogP contribution in [0.25, 0.3) is 0 Å². The molecule has 0 bridgehead atoms. The molecule has 1 aliphatic heterocycles. The van der Waals surface area contributed by atoms with Gasteiger partial charge >= 0.3 is 0 Å². The van der Waals surface area contributed by atoms with Crippen molar-refractivity contribution in [3.05, 3.63) is 33.8 Å². The number of benzene rings is 1. The van der Waals surface area contributed by atoms with E-state index in [9.17, 15) is 0 Å². The maximum Gasteiger partial charge on any atom is 0.0595 e. The van der Waals surface area contributed by atoms with E-state index in [1.54, 1.807) is 0 Å². The summed E-state index contributed by atoms with van der Waals surface area (Å²) in [6, 6.07) is 5.92. The largest absolute Gasteiger partial charge is 0.314 e. The predicted octanol–water partition coefficient (Wildman–Crippen LogP) is 3.57. The van der Waals surface area contributed by atoms with Gasteiger partial charge in [0, 0.05) is 31.7 Å². The molecule has 1 atom stereocenters. The first kappa shape index (κ1) is 14.1. The summed E-state index contributed by atoms with van der Waals surface area (Å²) in [6.07, 6.45) is 1.14. The Morgan fingerprint density at radius 3 is 2.78 bits per heavy atom. The topological polar surface area (TPSA) is 15.3 Å². The third-order valence-electron chi connectivity index (χ3n) is 3.95. The van der Waals surface area contributed by atoms with Crippen LogP contribution in [-0.2, 0) is 6.54 Å². The molecular weight excluding hydrogens is 267 g/mol. The summed E-state index contributed by atoms with van der Waals surface area (Å²) < 4.78 is 0. The molecule has 1 heterocycles. The molecule has 0 amide bonds. The normalized spacial score (nSPS) is 25.3. The molecule has 0 aromatic heterocycles. The van der Waals surface area contributed by atoms with Gasteiger partial charge in [0.15, 0.2) is 0 Å². The second-order valence-electron chi connectivity index (χ2n) is 5.20. The summed E-state index contributed by atoms with van der Waals surface area (Å²) in [4.78, 5) is 2.53. The molecule has 2 nitrogen and oxygen atoms in total. The van der Waals surface area contributed by atoms with Gasteiger partial charge in [0.05, 0.1) is 10.0 Å². The number of rotatable bonds is 3. The van der Waals surface area contributed by atoms with Gasteiger partial charge in [-0.15, -0.1) is 0 Å². The minimum absolute atomic E-state index is 0.227. The first-order chi connectivity index (χ1) is 8.55. The van der Waals surface area contributed by atoms with Crippen molar-refractivity contribution in [2.24, 2.45) is 0 Å². The van der Waals surface area contributed by atoms with E-state index in [4.69, 9.17) is 23.2 Å². The Balaban J connectivity index is 2.13. The van der Waals surface area contributed by atoms with Gasteiger partial charge in [0.2, 0.25) is 0 Å². The predicted molar refractivity (Wildman–Crippen MR) is 78.4 cm³/mol. The number of hydrogen-bond donors (Lipinski definition) is 1. The van der Waals surface area contributed by atoms with Crippen LogP contribution in [-0.4, -0.2) is 30.1 Å².